The van der Waals surface area contributed by atoms with Crippen LogP contribution >= 0.6 is 0 Å². The molecule has 0 saturated heterocycles. The van der Waals surface area contributed by atoms with Crippen LogP contribution in [0.5, 0.6) is 0 Å². The van der Waals surface area contributed by atoms with Crippen LogP contribution in [0.3, 0.4) is 0 Å². The van der Waals surface area contributed by atoms with Gasteiger partial charge in [-0.05, 0) is 37.5 Å². The van der Waals surface area contributed by atoms with Gasteiger partial charge < -0.3 is 10.6 Å². The van der Waals surface area contributed by atoms with Gasteiger partial charge in [-0.25, -0.2) is 0 Å². The number of hydrogen-bond acceptors (Lipinski definition) is 4. The minimum atomic E-state index is -0.135. The topological polar surface area (TPSA) is 71.1 Å². The number of amides is 1. The van der Waals surface area contributed by atoms with Gasteiger partial charge in [0.15, 0.2) is 5.78 Å². The lowest BCUT2D eigenvalue weighted by Crippen LogP contribution is -2.25. The highest BCUT2D eigenvalue weighted by Crippen LogP contribution is 2.18. The van der Waals surface area contributed by atoms with Crippen molar-refractivity contribution >= 4 is 23.1 Å². The molecule has 5 nitrogen and oxygen atoms in total. The lowest BCUT2D eigenvalue weighted by molar-refractivity contribution is 0.0950. The van der Waals surface area contributed by atoms with Crippen molar-refractivity contribution in [2.75, 3.05) is 11.9 Å². The maximum Gasteiger partial charge on any atom is 0.252 e. The summed E-state index contributed by atoms with van der Waals surface area (Å²) in [6, 6.07) is 8.97. The SMILES string of the molecule is CC(=O)c1cccc(Nc2cncc(C(=O)NCCC(C)C)c2)c1. The molecule has 1 amide bonds. The van der Waals surface area contributed by atoms with Crippen molar-refractivity contribution in [1.82, 2.24) is 10.3 Å². The summed E-state index contributed by atoms with van der Waals surface area (Å²) in [6.07, 6.45) is 4.13. The van der Waals surface area contributed by atoms with E-state index in [1.807, 2.05) is 12.1 Å². The average Bonchev–Trinajstić information content (AvgIpc) is 2.55. The van der Waals surface area contributed by atoms with Gasteiger partial charge in [-0.3, -0.25) is 14.6 Å². The first-order valence-corrected chi connectivity index (χ1v) is 8.07. The molecule has 0 aliphatic rings. The maximum atomic E-state index is 12.2. The lowest BCUT2D eigenvalue weighted by atomic mass is 10.1. The van der Waals surface area contributed by atoms with Crippen molar-refractivity contribution in [2.24, 2.45) is 5.92 Å². The van der Waals surface area contributed by atoms with Crippen molar-refractivity contribution in [3.05, 3.63) is 53.9 Å². The molecule has 0 aliphatic carbocycles. The van der Waals surface area contributed by atoms with E-state index in [1.165, 1.54) is 6.92 Å². The minimum Gasteiger partial charge on any atom is -0.354 e. The van der Waals surface area contributed by atoms with E-state index in [0.717, 1.165) is 12.1 Å². The Labute approximate surface area is 142 Å². The summed E-state index contributed by atoms with van der Waals surface area (Å²) in [4.78, 5) is 27.7. The van der Waals surface area contributed by atoms with Crippen molar-refractivity contribution in [2.45, 2.75) is 27.2 Å². The molecule has 24 heavy (non-hydrogen) atoms. The molecular weight excluding hydrogens is 302 g/mol. The first-order chi connectivity index (χ1) is 11.5. The molecule has 0 spiro atoms. The fourth-order valence-corrected chi connectivity index (χ4v) is 2.19. The predicted octanol–water partition coefficient (Wildman–Crippen LogP) is 3.80. The Bertz CT molecular complexity index is 726. The molecule has 0 aliphatic heterocycles. The molecule has 0 saturated carbocycles. The molecule has 1 heterocycles. The van der Waals surface area contributed by atoms with E-state index in [-0.39, 0.29) is 11.7 Å². The summed E-state index contributed by atoms with van der Waals surface area (Å²) in [5, 5.41) is 6.07. The smallest absolute Gasteiger partial charge is 0.252 e. The number of anilines is 2. The summed E-state index contributed by atoms with van der Waals surface area (Å²) in [5.74, 6) is 0.421. The summed E-state index contributed by atoms with van der Waals surface area (Å²) >= 11 is 0. The highest BCUT2D eigenvalue weighted by molar-refractivity contribution is 5.96. The molecule has 1 aromatic heterocycles. The van der Waals surface area contributed by atoms with Crippen LogP contribution in [0, 0.1) is 5.92 Å². The van der Waals surface area contributed by atoms with Crippen molar-refractivity contribution in [3.63, 3.8) is 0 Å². The van der Waals surface area contributed by atoms with Crippen LogP contribution in [0.1, 0.15) is 47.9 Å². The second-order valence-electron chi connectivity index (χ2n) is 6.16. The third kappa shape index (κ3) is 5.19. The molecule has 0 fully saturated rings. The number of ketones is 1. The fourth-order valence-electron chi connectivity index (χ4n) is 2.19. The molecule has 0 bridgehead atoms. The van der Waals surface area contributed by atoms with Crippen molar-refractivity contribution in [3.8, 4) is 0 Å². The van der Waals surface area contributed by atoms with E-state index < -0.39 is 0 Å². The van der Waals surface area contributed by atoms with Crippen LogP contribution in [-0.2, 0) is 0 Å². The first-order valence-electron chi connectivity index (χ1n) is 8.07. The monoisotopic (exact) mass is 325 g/mol. The van der Waals surface area contributed by atoms with Crippen LogP contribution in [0.4, 0.5) is 11.4 Å². The van der Waals surface area contributed by atoms with Crippen molar-refractivity contribution in [1.29, 1.82) is 0 Å². The number of Topliss-reactive ketones (excluding diaryl/α,β-unsaturated/α-hetero) is 1. The quantitative estimate of drug-likeness (QED) is 0.760. The Kier molecular flexibility index (Phi) is 6.07. The summed E-state index contributed by atoms with van der Waals surface area (Å²) in [6.45, 7) is 6.42. The van der Waals surface area contributed by atoms with Crippen LogP contribution in [0.15, 0.2) is 42.7 Å². The Morgan fingerprint density at radius 1 is 1.08 bits per heavy atom. The number of pyridine rings is 1. The van der Waals surface area contributed by atoms with Gasteiger partial charge in [0.2, 0.25) is 0 Å². The molecule has 5 heteroatoms. The van der Waals surface area contributed by atoms with Crippen LogP contribution in [0.2, 0.25) is 0 Å². The first kappa shape index (κ1) is 17.7. The second-order valence-corrected chi connectivity index (χ2v) is 6.16. The second kappa shape index (κ2) is 8.24. The van der Waals surface area contributed by atoms with E-state index >= 15 is 0 Å². The normalized spacial score (nSPS) is 10.5. The molecule has 2 rings (SSSR count). The molecular formula is C19H23N3O2. The van der Waals surface area contributed by atoms with E-state index in [1.54, 1.807) is 30.6 Å². The highest BCUT2D eigenvalue weighted by atomic mass is 16.1. The van der Waals surface area contributed by atoms with Gasteiger partial charge in [0.1, 0.15) is 0 Å². The highest BCUT2D eigenvalue weighted by Gasteiger charge is 2.08. The Balaban J connectivity index is 2.06. The van der Waals surface area contributed by atoms with Gasteiger partial charge in [-0.15, -0.1) is 0 Å². The lowest BCUT2D eigenvalue weighted by Gasteiger charge is -2.10. The number of carbonyl (C=O) groups excluding carboxylic acids is 2. The van der Waals surface area contributed by atoms with Crippen LogP contribution < -0.4 is 10.6 Å². The summed E-state index contributed by atoms with van der Waals surface area (Å²) < 4.78 is 0. The number of carbonyl (C=O) groups is 2. The number of nitrogens with one attached hydrogen (secondary N) is 2. The third-order valence-electron chi connectivity index (χ3n) is 3.57. The number of benzene rings is 1. The van der Waals surface area contributed by atoms with Crippen molar-refractivity contribution < 1.29 is 9.59 Å². The fraction of sp³-hybridized carbons (Fsp3) is 0.316. The average molecular weight is 325 g/mol. The van der Waals surface area contributed by atoms with Crippen LogP contribution in [-0.4, -0.2) is 23.2 Å². The molecule has 2 aromatic rings. The largest absolute Gasteiger partial charge is 0.354 e. The predicted molar refractivity (Wildman–Crippen MR) is 95.8 cm³/mol. The molecule has 0 radical (unpaired) electrons. The number of nitrogens with zero attached hydrogens (tertiary/aromatic N) is 1. The number of rotatable bonds is 7. The van der Waals surface area contributed by atoms with Gasteiger partial charge in [0.05, 0.1) is 17.4 Å². The molecule has 2 N–H and O–H groups in total. The Morgan fingerprint density at radius 3 is 2.54 bits per heavy atom. The zero-order chi connectivity index (χ0) is 17.5. The van der Waals surface area contributed by atoms with E-state index in [9.17, 15) is 9.59 Å². The van der Waals surface area contributed by atoms with E-state index in [0.29, 0.717) is 29.3 Å². The van der Waals surface area contributed by atoms with Gasteiger partial charge in [0, 0.05) is 24.0 Å². The Hall–Kier alpha value is -2.69. The molecule has 126 valence electrons. The molecule has 1 aromatic carbocycles. The number of hydrogen-bond donors (Lipinski definition) is 2. The van der Waals surface area contributed by atoms with Gasteiger partial charge in [0.25, 0.3) is 5.91 Å². The van der Waals surface area contributed by atoms with E-state index in [2.05, 4.69) is 29.5 Å². The van der Waals surface area contributed by atoms with Gasteiger partial charge >= 0.3 is 0 Å². The molecule has 0 unspecified atom stereocenters. The van der Waals surface area contributed by atoms with E-state index in [4.69, 9.17) is 0 Å². The third-order valence-corrected chi connectivity index (χ3v) is 3.57. The zero-order valence-electron chi connectivity index (χ0n) is 14.3. The summed E-state index contributed by atoms with van der Waals surface area (Å²) in [7, 11) is 0. The minimum absolute atomic E-state index is 0.00931. The van der Waals surface area contributed by atoms with Gasteiger partial charge in [-0.1, -0.05) is 26.0 Å². The van der Waals surface area contributed by atoms with Crippen LogP contribution in [0.25, 0.3) is 0 Å². The molecule has 0 atom stereocenters. The zero-order valence-corrected chi connectivity index (χ0v) is 14.3. The number of aromatic nitrogens is 1. The standard InChI is InChI=1S/C19H23N3O2/c1-13(2)7-8-21-19(24)16-10-18(12-20-11-16)22-17-6-4-5-15(9-17)14(3)23/h4-6,9-13,22H,7-8H2,1-3H3,(H,21,24). The van der Waals surface area contributed by atoms with Gasteiger partial charge in [-0.2, -0.15) is 0 Å². The maximum absolute atomic E-state index is 12.2. The summed E-state index contributed by atoms with van der Waals surface area (Å²) in [5.41, 5.74) is 2.62. The Morgan fingerprint density at radius 2 is 1.83 bits per heavy atom.